The predicted molar refractivity (Wildman–Crippen MR) is 57.8 cm³/mol. The highest BCUT2D eigenvalue weighted by Gasteiger charge is 2.35. The number of rotatable bonds is 4. The van der Waals surface area contributed by atoms with Crippen molar-refractivity contribution >= 4 is 5.97 Å². The van der Waals surface area contributed by atoms with Crippen molar-refractivity contribution in [3.63, 3.8) is 0 Å². The summed E-state index contributed by atoms with van der Waals surface area (Å²) in [7, 11) is 1.03. The number of methoxy groups -OCH3 is 1. The molecule has 0 fully saturated rings. The first kappa shape index (κ1) is 16.3. The fourth-order valence-corrected chi connectivity index (χ4v) is 1.59. The fourth-order valence-electron chi connectivity index (χ4n) is 1.59. The molecular formula is C11H11F5N2O2. The summed E-state index contributed by atoms with van der Waals surface area (Å²) in [6.45, 7) is -0.461. The number of carbonyl (C=O) groups is 1. The van der Waals surface area contributed by atoms with Crippen LogP contribution in [0.5, 0.6) is 0 Å². The van der Waals surface area contributed by atoms with Crippen LogP contribution in [0.4, 0.5) is 22.0 Å². The molecule has 0 aliphatic carbocycles. The van der Waals surface area contributed by atoms with Crippen LogP contribution in [0.3, 0.4) is 0 Å². The summed E-state index contributed by atoms with van der Waals surface area (Å²) in [6, 6.07) is 0.533. The van der Waals surface area contributed by atoms with Crippen molar-refractivity contribution in [1.29, 1.82) is 0 Å². The van der Waals surface area contributed by atoms with Crippen LogP contribution in [0.1, 0.15) is 28.9 Å². The second kappa shape index (κ2) is 6.12. The van der Waals surface area contributed by atoms with E-state index in [0.29, 0.717) is 6.07 Å². The van der Waals surface area contributed by atoms with Gasteiger partial charge < -0.3 is 10.5 Å². The topological polar surface area (TPSA) is 65.2 Å². The average Bonchev–Trinajstić information content (AvgIpc) is 2.36. The molecule has 0 spiro atoms. The molecular weight excluding hydrogens is 287 g/mol. The van der Waals surface area contributed by atoms with Gasteiger partial charge in [0.1, 0.15) is 11.4 Å². The number of halogens is 5. The lowest BCUT2D eigenvalue weighted by Crippen LogP contribution is -2.18. The Labute approximate surface area is 110 Å². The number of esters is 1. The number of hydrogen-bond donors (Lipinski definition) is 1. The van der Waals surface area contributed by atoms with Gasteiger partial charge in [-0.15, -0.1) is 0 Å². The fraction of sp³-hybridized carbons (Fsp3) is 0.455. The van der Waals surface area contributed by atoms with Gasteiger partial charge in [0.15, 0.2) is 0 Å². The van der Waals surface area contributed by atoms with Crippen molar-refractivity contribution in [2.24, 2.45) is 5.73 Å². The zero-order valence-electron chi connectivity index (χ0n) is 10.3. The van der Waals surface area contributed by atoms with Gasteiger partial charge in [-0.25, -0.2) is 13.8 Å². The maximum Gasteiger partial charge on any atom is 0.433 e. The first-order valence-corrected chi connectivity index (χ1v) is 5.35. The third-order valence-electron chi connectivity index (χ3n) is 2.51. The molecule has 0 radical (unpaired) electrons. The average molecular weight is 298 g/mol. The largest absolute Gasteiger partial charge is 0.469 e. The first-order chi connectivity index (χ1) is 9.20. The van der Waals surface area contributed by atoms with E-state index in [9.17, 15) is 26.7 Å². The van der Waals surface area contributed by atoms with Crippen LogP contribution in [-0.4, -0.2) is 18.1 Å². The summed E-state index contributed by atoms with van der Waals surface area (Å²) in [5.41, 5.74) is 2.15. The molecule has 9 heteroatoms. The standard InChI is InChI=1S/C11H11F5N2O2/c1-20-8(19)3-5-2-7(11(14,15)16)18-9(10(12)13)6(5)4-17/h2,10H,3-4,17H2,1H3. The number of aromatic nitrogens is 1. The Morgan fingerprint density at radius 2 is 2.05 bits per heavy atom. The van der Waals surface area contributed by atoms with E-state index < -0.39 is 42.9 Å². The van der Waals surface area contributed by atoms with Crippen molar-refractivity contribution < 1.29 is 31.5 Å². The second-order valence-electron chi connectivity index (χ2n) is 3.79. The Bertz CT molecular complexity index is 502. The Kier molecular flexibility index (Phi) is 4.98. The van der Waals surface area contributed by atoms with E-state index in [1.807, 2.05) is 0 Å². The Hall–Kier alpha value is -1.77. The van der Waals surface area contributed by atoms with Crippen LogP contribution in [0.25, 0.3) is 0 Å². The number of alkyl halides is 5. The smallest absolute Gasteiger partial charge is 0.433 e. The van der Waals surface area contributed by atoms with Gasteiger partial charge in [0.05, 0.1) is 13.5 Å². The van der Waals surface area contributed by atoms with Gasteiger partial charge >= 0.3 is 12.1 Å². The van der Waals surface area contributed by atoms with E-state index >= 15 is 0 Å². The van der Waals surface area contributed by atoms with E-state index in [2.05, 4.69) is 9.72 Å². The summed E-state index contributed by atoms with van der Waals surface area (Å²) in [5, 5.41) is 0. The van der Waals surface area contributed by atoms with Gasteiger partial charge in [-0.3, -0.25) is 4.79 Å². The molecule has 4 nitrogen and oxygen atoms in total. The van der Waals surface area contributed by atoms with Gasteiger partial charge in [-0.05, 0) is 17.2 Å². The molecule has 0 aliphatic rings. The summed E-state index contributed by atoms with van der Waals surface area (Å²) in [4.78, 5) is 14.0. The molecule has 1 rings (SSSR count). The summed E-state index contributed by atoms with van der Waals surface area (Å²) < 4.78 is 67.7. The Morgan fingerprint density at radius 1 is 1.45 bits per heavy atom. The molecule has 0 amide bonds. The minimum atomic E-state index is -4.90. The van der Waals surface area contributed by atoms with Crippen molar-refractivity contribution in [1.82, 2.24) is 4.98 Å². The van der Waals surface area contributed by atoms with Gasteiger partial charge in [-0.1, -0.05) is 0 Å². The van der Waals surface area contributed by atoms with Crippen LogP contribution in [-0.2, 0) is 28.7 Å². The van der Waals surface area contributed by atoms with E-state index in [4.69, 9.17) is 5.73 Å². The van der Waals surface area contributed by atoms with Crippen molar-refractivity contribution in [2.45, 2.75) is 25.6 Å². The molecule has 2 N–H and O–H groups in total. The first-order valence-electron chi connectivity index (χ1n) is 5.35. The Morgan fingerprint density at radius 3 is 2.45 bits per heavy atom. The van der Waals surface area contributed by atoms with E-state index in [1.54, 1.807) is 0 Å². The second-order valence-corrected chi connectivity index (χ2v) is 3.79. The number of carbonyl (C=O) groups excluding carboxylic acids is 1. The molecule has 0 saturated heterocycles. The Balaban J connectivity index is 3.45. The lowest BCUT2D eigenvalue weighted by molar-refractivity contribution is -0.142. The van der Waals surface area contributed by atoms with Crippen LogP contribution in [0.2, 0.25) is 0 Å². The number of pyridine rings is 1. The van der Waals surface area contributed by atoms with Gasteiger partial charge in [-0.2, -0.15) is 13.2 Å². The minimum absolute atomic E-state index is 0.267. The van der Waals surface area contributed by atoms with Crippen molar-refractivity contribution in [3.05, 3.63) is 28.6 Å². The molecule has 1 aromatic heterocycles. The zero-order valence-corrected chi connectivity index (χ0v) is 10.3. The third-order valence-corrected chi connectivity index (χ3v) is 2.51. The molecule has 0 bridgehead atoms. The number of nitrogens with zero attached hydrogens (tertiary/aromatic N) is 1. The number of hydrogen-bond acceptors (Lipinski definition) is 4. The summed E-state index contributed by atoms with van der Waals surface area (Å²) in [6.07, 6.45) is -8.72. The molecule has 0 unspecified atom stereocenters. The van der Waals surface area contributed by atoms with E-state index in [-0.39, 0.29) is 11.1 Å². The number of ether oxygens (including phenoxy) is 1. The molecule has 1 heterocycles. The molecule has 0 atom stereocenters. The van der Waals surface area contributed by atoms with E-state index in [1.165, 1.54) is 0 Å². The van der Waals surface area contributed by atoms with Crippen LogP contribution in [0.15, 0.2) is 6.07 Å². The molecule has 20 heavy (non-hydrogen) atoms. The summed E-state index contributed by atoms with van der Waals surface area (Å²) >= 11 is 0. The van der Waals surface area contributed by atoms with Crippen LogP contribution >= 0.6 is 0 Å². The lowest BCUT2D eigenvalue weighted by atomic mass is 10.0. The predicted octanol–water partition coefficient (Wildman–Crippen LogP) is 2.21. The van der Waals surface area contributed by atoms with Crippen molar-refractivity contribution in [2.75, 3.05) is 7.11 Å². The maximum absolute atomic E-state index is 12.8. The van der Waals surface area contributed by atoms with Crippen molar-refractivity contribution in [3.8, 4) is 0 Å². The molecule has 0 saturated carbocycles. The quantitative estimate of drug-likeness (QED) is 0.683. The number of nitrogens with two attached hydrogens (primary N) is 1. The monoisotopic (exact) mass is 298 g/mol. The highest BCUT2D eigenvalue weighted by Crippen LogP contribution is 2.33. The highest BCUT2D eigenvalue weighted by molar-refractivity contribution is 5.73. The minimum Gasteiger partial charge on any atom is -0.469 e. The third kappa shape index (κ3) is 3.62. The SMILES string of the molecule is COC(=O)Cc1cc(C(F)(F)F)nc(C(F)F)c1CN. The lowest BCUT2D eigenvalue weighted by Gasteiger charge is -2.15. The van der Waals surface area contributed by atoms with Gasteiger partial charge in [0.2, 0.25) is 0 Å². The molecule has 1 aromatic rings. The van der Waals surface area contributed by atoms with Crippen LogP contribution in [0, 0.1) is 0 Å². The summed E-state index contributed by atoms with van der Waals surface area (Å²) in [5.74, 6) is -0.862. The maximum atomic E-state index is 12.8. The zero-order chi connectivity index (χ0) is 15.5. The van der Waals surface area contributed by atoms with E-state index in [0.717, 1.165) is 7.11 Å². The van der Waals surface area contributed by atoms with Crippen LogP contribution < -0.4 is 5.73 Å². The molecule has 0 aliphatic heterocycles. The highest BCUT2D eigenvalue weighted by atomic mass is 19.4. The normalized spacial score (nSPS) is 11.8. The molecule has 0 aromatic carbocycles. The van der Waals surface area contributed by atoms with Gasteiger partial charge in [0.25, 0.3) is 6.43 Å². The molecule has 112 valence electrons. The van der Waals surface area contributed by atoms with Gasteiger partial charge in [0, 0.05) is 6.54 Å².